The summed E-state index contributed by atoms with van der Waals surface area (Å²) in [5, 5.41) is 7.56. The quantitative estimate of drug-likeness (QED) is 0.846. The van der Waals surface area contributed by atoms with Crippen molar-refractivity contribution in [3.63, 3.8) is 0 Å². The van der Waals surface area contributed by atoms with Crippen molar-refractivity contribution in [3.05, 3.63) is 23.3 Å². The number of aryl methyl sites for hydroxylation is 2. The molecule has 7 heteroatoms. The van der Waals surface area contributed by atoms with Crippen molar-refractivity contribution >= 4 is 11.5 Å². The lowest BCUT2D eigenvalue weighted by Gasteiger charge is -2.19. The first-order chi connectivity index (χ1) is 11.0. The van der Waals surface area contributed by atoms with Gasteiger partial charge in [-0.05, 0) is 27.2 Å². The third-order valence-electron chi connectivity index (χ3n) is 3.79. The van der Waals surface area contributed by atoms with Crippen molar-refractivity contribution in [2.24, 2.45) is 7.05 Å². The van der Waals surface area contributed by atoms with Crippen LogP contribution in [0.1, 0.15) is 30.4 Å². The van der Waals surface area contributed by atoms with Crippen LogP contribution in [0.3, 0.4) is 0 Å². The molecule has 1 unspecified atom stereocenters. The van der Waals surface area contributed by atoms with E-state index >= 15 is 0 Å². The predicted octanol–water partition coefficient (Wildman–Crippen LogP) is 2.68. The minimum absolute atomic E-state index is 0.0269. The SMILES string of the molecule is CCC(COC)Oc1nc(C)nc(Nc2cnn(C)c2C)c1C. The number of anilines is 2. The Morgan fingerprint density at radius 3 is 2.57 bits per heavy atom. The van der Waals surface area contributed by atoms with E-state index in [1.54, 1.807) is 13.3 Å². The highest BCUT2D eigenvalue weighted by atomic mass is 16.5. The average Bonchev–Trinajstić information content (AvgIpc) is 2.83. The summed E-state index contributed by atoms with van der Waals surface area (Å²) >= 11 is 0. The molecule has 0 amide bonds. The summed E-state index contributed by atoms with van der Waals surface area (Å²) in [6.07, 6.45) is 2.61. The van der Waals surface area contributed by atoms with Gasteiger partial charge in [-0.25, -0.2) is 4.98 Å². The number of aromatic nitrogens is 4. The van der Waals surface area contributed by atoms with E-state index in [2.05, 4.69) is 27.3 Å². The van der Waals surface area contributed by atoms with E-state index in [-0.39, 0.29) is 6.10 Å². The predicted molar refractivity (Wildman–Crippen MR) is 89.3 cm³/mol. The van der Waals surface area contributed by atoms with Crippen molar-refractivity contribution in [1.29, 1.82) is 0 Å². The van der Waals surface area contributed by atoms with Crippen LogP contribution in [0.15, 0.2) is 6.20 Å². The molecule has 0 aliphatic rings. The van der Waals surface area contributed by atoms with Gasteiger partial charge >= 0.3 is 0 Å². The Labute approximate surface area is 137 Å². The van der Waals surface area contributed by atoms with E-state index in [0.717, 1.165) is 29.2 Å². The van der Waals surface area contributed by atoms with E-state index in [1.165, 1.54) is 0 Å². The second kappa shape index (κ2) is 7.41. The summed E-state index contributed by atoms with van der Waals surface area (Å²) < 4.78 is 13.0. The molecule has 7 nitrogen and oxygen atoms in total. The van der Waals surface area contributed by atoms with Crippen molar-refractivity contribution in [2.75, 3.05) is 19.0 Å². The van der Waals surface area contributed by atoms with E-state index in [0.29, 0.717) is 18.3 Å². The fraction of sp³-hybridized carbons (Fsp3) is 0.562. The van der Waals surface area contributed by atoms with Crippen LogP contribution in [0.25, 0.3) is 0 Å². The molecule has 0 saturated carbocycles. The van der Waals surface area contributed by atoms with Crippen LogP contribution in [0.4, 0.5) is 11.5 Å². The first-order valence-corrected chi connectivity index (χ1v) is 7.72. The van der Waals surface area contributed by atoms with Crippen molar-refractivity contribution in [3.8, 4) is 5.88 Å². The Bertz CT molecular complexity index is 669. The lowest BCUT2D eigenvalue weighted by molar-refractivity contribution is 0.0750. The minimum Gasteiger partial charge on any atom is -0.472 e. The Kier molecular flexibility index (Phi) is 5.54. The monoisotopic (exact) mass is 319 g/mol. The van der Waals surface area contributed by atoms with Crippen LogP contribution >= 0.6 is 0 Å². The lowest BCUT2D eigenvalue weighted by atomic mass is 10.2. The number of rotatable bonds is 7. The zero-order valence-electron chi connectivity index (χ0n) is 14.7. The van der Waals surface area contributed by atoms with Gasteiger partial charge in [-0.1, -0.05) is 6.92 Å². The topological polar surface area (TPSA) is 74.1 Å². The lowest BCUT2D eigenvalue weighted by Crippen LogP contribution is -2.22. The number of methoxy groups -OCH3 is 1. The Balaban J connectivity index is 2.29. The summed E-state index contributed by atoms with van der Waals surface area (Å²) in [6, 6.07) is 0. The number of ether oxygens (including phenoxy) is 2. The van der Waals surface area contributed by atoms with E-state index in [4.69, 9.17) is 9.47 Å². The molecule has 0 aliphatic carbocycles. The minimum atomic E-state index is -0.0269. The largest absolute Gasteiger partial charge is 0.472 e. The summed E-state index contributed by atoms with van der Waals surface area (Å²) in [5.74, 6) is 1.98. The second-order valence-corrected chi connectivity index (χ2v) is 5.55. The maximum absolute atomic E-state index is 5.99. The van der Waals surface area contributed by atoms with Gasteiger partial charge in [-0.2, -0.15) is 10.1 Å². The zero-order valence-corrected chi connectivity index (χ0v) is 14.7. The van der Waals surface area contributed by atoms with Crippen LogP contribution in [0.5, 0.6) is 5.88 Å². The highest BCUT2D eigenvalue weighted by molar-refractivity contribution is 5.62. The third-order valence-corrected chi connectivity index (χ3v) is 3.79. The molecule has 2 heterocycles. The second-order valence-electron chi connectivity index (χ2n) is 5.55. The normalized spacial score (nSPS) is 12.3. The van der Waals surface area contributed by atoms with Gasteiger partial charge in [-0.15, -0.1) is 0 Å². The number of hydrogen-bond donors (Lipinski definition) is 1. The number of nitrogens with one attached hydrogen (secondary N) is 1. The molecule has 0 fully saturated rings. The fourth-order valence-corrected chi connectivity index (χ4v) is 2.17. The molecule has 23 heavy (non-hydrogen) atoms. The van der Waals surface area contributed by atoms with Gasteiger partial charge < -0.3 is 14.8 Å². The molecule has 126 valence electrons. The van der Waals surface area contributed by atoms with Crippen molar-refractivity contribution in [2.45, 2.75) is 40.2 Å². The summed E-state index contributed by atoms with van der Waals surface area (Å²) in [7, 11) is 3.58. The fourth-order valence-electron chi connectivity index (χ4n) is 2.17. The Hall–Kier alpha value is -2.15. The van der Waals surface area contributed by atoms with Gasteiger partial charge in [0.2, 0.25) is 5.88 Å². The molecule has 1 atom stereocenters. The molecule has 2 rings (SSSR count). The molecule has 2 aromatic rings. The van der Waals surface area contributed by atoms with Crippen molar-refractivity contribution in [1.82, 2.24) is 19.7 Å². The summed E-state index contributed by atoms with van der Waals surface area (Å²) in [6.45, 7) is 8.39. The molecule has 0 saturated heterocycles. The molecule has 1 N–H and O–H groups in total. The van der Waals surface area contributed by atoms with Crippen LogP contribution in [0, 0.1) is 20.8 Å². The van der Waals surface area contributed by atoms with Crippen LogP contribution in [0.2, 0.25) is 0 Å². The highest BCUT2D eigenvalue weighted by Crippen LogP contribution is 2.27. The van der Waals surface area contributed by atoms with Crippen LogP contribution < -0.4 is 10.1 Å². The van der Waals surface area contributed by atoms with Gasteiger partial charge in [0.25, 0.3) is 0 Å². The van der Waals surface area contributed by atoms with Crippen LogP contribution in [-0.4, -0.2) is 39.6 Å². The molecule has 0 radical (unpaired) electrons. The first kappa shape index (κ1) is 17.2. The number of hydrogen-bond acceptors (Lipinski definition) is 6. The van der Waals surface area contributed by atoms with E-state index in [1.807, 2.05) is 32.5 Å². The molecule has 0 aromatic carbocycles. The molecule has 0 bridgehead atoms. The van der Waals surface area contributed by atoms with Crippen molar-refractivity contribution < 1.29 is 9.47 Å². The smallest absolute Gasteiger partial charge is 0.222 e. The van der Waals surface area contributed by atoms with Gasteiger partial charge in [0, 0.05) is 14.2 Å². The summed E-state index contributed by atoms with van der Waals surface area (Å²) in [4.78, 5) is 8.91. The average molecular weight is 319 g/mol. The zero-order chi connectivity index (χ0) is 17.0. The summed E-state index contributed by atoms with van der Waals surface area (Å²) in [5.41, 5.74) is 2.82. The van der Waals surface area contributed by atoms with Gasteiger partial charge in [0.1, 0.15) is 17.7 Å². The molecule has 0 spiro atoms. The number of nitrogens with zero attached hydrogens (tertiary/aromatic N) is 4. The molecule has 0 aliphatic heterocycles. The first-order valence-electron chi connectivity index (χ1n) is 7.72. The van der Waals surface area contributed by atoms with Gasteiger partial charge in [0.15, 0.2) is 0 Å². The van der Waals surface area contributed by atoms with Gasteiger partial charge in [0.05, 0.1) is 29.7 Å². The van der Waals surface area contributed by atoms with Gasteiger partial charge in [-0.3, -0.25) is 4.68 Å². The maximum Gasteiger partial charge on any atom is 0.222 e. The van der Waals surface area contributed by atoms with E-state index < -0.39 is 0 Å². The molecular formula is C16H25N5O2. The maximum atomic E-state index is 5.99. The molecule has 2 aromatic heterocycles. The Morgan fingerprint density at radius 1 is 1.26 bits per heavy atom. The van der Waals surface area contributed by atoms with Crippen LogP contribution in [-0.2, 0) is 11.8 Å². The molecular weight excluding hydrogens is 294 g/mol. The van der Waals surface area contributed by atoms with E-state index in [9.17, 15) is 0 Å². The standard InChI is InChI=1S/C16H25N5O2/c1-7-13(9-22-6)23-16-10(2)15(18-12(4)19-16)20-14-8-17-21(5)11(14)3/h8,13H,7,9H2,1-6H3,(H,18,19,20). The Morgan fingerprint density at radius 2 is 2.00 bits per heavy atom. The highest BCUT2D eigenvalue weighted by Gasteiger charge is 2.16. The third kappa shape index (κ3) is 3.98.